The van der Waals surface area contributed by atoms with E-state index in [-0.39, 0.29) is 61.9 Å². The quantitative estimate of drug-likeness (QED) is 0.106. The molecule has 62 heavy (non-hydrogen) atoms. The molecule has 1 atom stereocenters. The molecule has 3 aromatic carbocycles. The van der Waals surface area contributed by atoms with E-state index >= 15 is 0 Å². The lowest BCUT2D eigenvalue weighted by molar-refractivity contribution is -0.136. The van der Waals surface area contributed by atoms with Gasteiger partial charge in [-0.3, -0.25) is 44.1 Å². The molecule has 3 aliphatic rings. The Hall–Kier alpha value is -6.19. The monoisotopic (exact) mass is 887 g/mol. The lowest BCUT2D eigenvalue weighted by atomic mass is 10.0. The number of piperazine rings is 1. The van der Waals surface area contributed by atoms with Crippen molar-refractivity contribution in [2.24, 2.45) is 0 Å². The van der Waals surface area contributed by atoms with E-state index in [2.05, 4.69) is 26.6 Å². The number of nitriles is 1. The van der Waals surface area contributed by atoms with Gasteiger partial charge in [0.25, 0.3) is 11.8 Å². The van der Waals surface area contributed by atoms with Crippen molar-refractivity contribution in [2.75, 3.05) is 78.7 Å². The fraction of sp³-hybridized carbons (Fsp3) is 0.372. The number of rotatable bonds is 17. The van der Waals surface area contributed by atoms with Crippen LogP contribution in [0.3, 0.4) is 0 Å². The van der Waals surface area contributed by atoms with Gasteiger partial charge < -0.3 is 33.9 Å². The molecule has 7 rings (SSSR count). The van der Waals surface area contributed by atoms with Gasteiger partial charge in [-0.25, -0.2) is 0 Å². The average Bonchev–Trinajstić information content (AvgIpc) is 3.53. The molecule has 0 radical (unpaired) electrons. The molecule has 4 heterocycles. The van der Waals surface area contributed by atoms with Crippen LogP contribution in [0.5, 0.6) is 23.0 Å². The zero-order chi connectivity index (χ0) is 43.9. The zero-order valence-corrected chi connectivity index (χ0v) is 35.5. The molecule has 17 nitrogen and oxygen atoms in total. The molecule has 3 aliphatic heterocycles. The van der Waals surface area contributed by atoms with Crippen LogP contribution in [0.15, 0.2) is 48.7 Å². The standard InChI is InChI=1S/C43H43Cl2N7O10/c1-58-34-22-31(28(44)20-29(34)45)48-40-25(23-46)24-47-30-21-36(35(59-2)19-27(30)40)61-15-4-10-50-11-13-51(14-12-50)38(54)9-16-60-17-18-62-33-6-3-5-26-39(33)43(57)52(42(26)56)32-7-8-37(53)49-41(32)55/h3,5-6,19-22,24,32H,4,7-18H2,1-2H3,(H,47,48)(H,49,53,55). The lowest BCUT2D eigenvalue weighted by Crippen LogP contribution is -2.54. The van der Waals surface area contributed by atoms with E-state index in [4.69, 9.17) is 46.9 Å². The van der Waals surface area contributed by atoms with Crippen LogP contribution in [-0.2, 0) is 19.1 Å². The second-order valence-electron chi connectivity index (χ2n) is 14.5. The molecular formula is C43H43Cl2N7O10. The number of ether oxygens (including phenoxy) is 5. The zero-order valence-electron chi connectivity index (χ0n) is 34.0. The summed E-state index contributed by atoms with van der Waals surface area (Å²) in [7, 11) is 3.04. The van der Waals surface area contributed by atoms with Gasteiger partial charge in [0.1, 0.15) is 30.2 Å². The predicted octanol–water partition coefficient (Wildman–Crippen LogP) is 4.97. The summed E-state index contributed by atoms with van der Waals surface area (Å²) in [6.07, 6.45) is 2.49. The van der Waals surface area contributed by atoms with Crippen molar-refractivity contribution in [2.45, 2.75) is 31.7 Å². The van der Waals surface area contributed by atoms with Crippen molar-refractivity contribution in [3.63, 3.8) is 0 Å². The summed E-state index contributed by atoms with van der Waals surface area (Å²) >= 11 is 12.7. The third kappa shape index (κ3) is 9.48. The molecule has 2 saturated heterocycles. The Morgan fingerprint density at radius 2 is 1.68 bits per heavy atom. The second-order valence-corrected chi connectivity index (χ2v) is 15.3. The summed E-state index contributed by atoms with van der Waals surface area (Å²) in [6.45, 7) is 4.17. The molecular weight excluding hydrogens is 845 g/mol. The summed E-state index contributed by atoms with van der Waals surface area (Å²) < 4.78 is 28.6. The van der Waals surface area contributed by atoms with Crippen LogP contribution in [0.4, 0.5) is 11.4 Å². The van der Waals surface area contributed by atoms with Gasteiger partial charge in [0.15, 0.2) is 11.5 Å². The molecule has 2 fully saturated rings. The minimum Gasteiger partial charge on any atom is -0.495 e. The van der Waals surface area contributed by atoms with E-state index in [0.717, 1.165) is 17.9 Å². The molecule has 5 amide bonds. The smallest absolute Gasteiger partial charge is 0.266 e. The normalized spacial score (nSPS) is 16.5. The number of halogens is 2. The van der Waals surface area contributed by atoms with E-state index in [9.17, 15) is 29.2 Å². The number of carbonyl (C=O) groups is 5. The highest BCUT2D eigenvalue weighted by molar-refractivity contribution is 6.37. The highest BCUT2D eigenvalue weighted by atomic mass is 35.5. The number of hydrogen-bond acceptors (Lipinski definition) is 14. The Bertz CT molecular complexity index is 2450. The first-order chi connectivity index (χ1) is 30.0. The summed E-state index contributed by atoms with van der Waals surface area (Å²) in [4.78, 5) is 72.7. The molecule has 1 unspecified atom stereocenters. The number of aromatic nitrogens is 1. The Morgan fingerprint density at radius 1 is 0.903 bits per heavy atom. The van der Waals surface area contributed by atoms with Crippen molar-refractivity contribution in [3.05, 3.63) is 75.4 Å². The Balaban J connectivity index is 0.823. The molecule has 0 spiro atoms. The Kier molecular flexibility index (Phi) is 13.9. The van der Waals surface area contributed by atoms with E-state index in [1.165, 1.54) is 19.4 Å². The fourth-order valence-electron chi connectivity index (χ4n) is 7.53. The number of methoxy groups -OCH3 is 2. The summed E-state index contributed by atoms with van der Waals surface area (Å²) in [5.41, 5.74) is 2.04. The van der Waals surface area contributed by atoms with Crippen LogP contribution >= 0.6 is 23.2 Å². The van der Waals surface area contributed by atoms with E-state index in [0.29, 0.717) is 87.9 Å². The number of hydrogen-bond donors (Lipinski definition) is 2. The van der Waals surface area contributed by atoms with Gasteiger partial charge in [0.05, 0.1) is 84.1 Å². The number of imide groups is 2. The Labute approximate surface area is 366 Å². The Morgan fingerprint density at radius 3 is 2.42 bits per heavy atom. The van der Waals surface area contributed by atoms with Crippen LogP contribution in [0.2, 0.25) is 10.0 Å². The number of amides is 5. The van der Waals surface area contributed by atoms with Crippen LogP contribution in [0, 0.1) is 11.3 Å². The topological polar surface area (TPSA) is 202 Å². The van der Waals surface area contributed by atoms with Crippen LogP contribution in [0.25, 0.3) is 10.9 Å². The van der Waals surface area contributed by atoms with Gasteiger partial charge in [-0.05, 0) is 37.1 Å². The van der Waals surface area contributed by atoms with E-state index < -0.39 is 29.7 Å². The second kappa shape index (κ2) is 19.7. The summed E-state index contributed by atoms with van der Waals surface area (Å²) in [5.74, 6) is -0.829. The maximum atomic E-state index is 13.3. The SMILES string of the molecule is COc1cc(Nc2c(C#N)cnc3cc(OCCCN4CCN(C(=O)CCOCCOc5cccc6c5C(=O)N(C5CCC(=O)NC5=O)C6=O)CC4)c(OC)cc23)c(Cl)cc1Cl. The average molecular weight is 889 g/mol. The first kappa shape index (κ1) is 43.9. The molecule has 0 aliphatic carbocycles. The van der Waals surface area contributed by atoms with Crippen LogP contribution in [-0.4, -0.2) is 129 Å². The largest absolute Gasteiger partial charge is 0.495 e. The third-order valence-electron chi connectivity index (χ3n) is 10.8. The van der Waals surface area contributed by atoms with Gasteiger partial charge in [-0.2, -0.15) is 5.26 Å². The molecule has 324 valence electrons. The number of piperidine rings is 1. The number of pyridine rings is 1. The van der Waals surface area contributed by atoms with Crippen molar-refractivity contribution >= 4 is 75.0 Å². The van der Waals surface area contributed by atoms with Gasteiger partial charge in [-0.15, -0.1) is 0 Å². The van der Waals surface area contributed by atoms with E-state index in [1.54, 1.807) is 43.5 Å². The lowest BCUT2D eigenvalue weighted by Gasteiger charge is -2.34. The highest BCUT2D eigenvalue weighted by Crippen LogP contribution is 2.41. The van der Waals surface area contributed by atoms with Gasteiger partial charge in [0.2, 0.25) is 17.7 Å². The molecule has 0 bridgehead atoms. The van der Waals surface area contributed by atoms with Crippen LogP contribution < -0.4 is 29.6 Å². The summed E-state index contributed by atoms with van der Waals surface area (Å²) in [6, 6.07) is 12.5. The fourth-order valence-corrected chi connectivity index (χ4v) is 8.04. The third-order valence-corrected chi connectivity index (χ3v) is 11.4. The minimum absolute atomic E-state index is 0.0133. The first-order valence-corrected chi connectivity index (χ1v) is 20.7. The number of fused-ring (bicyclic) bond motifs is 2. The maximum Gasteiger partial charge on any atom is 0.266 e. The van der Waals surface area contributed by atoms with Gasteiger partial charge >= 0.3 is 0 Å². The summed E-state index contributed by atoms with van der Waals surface area (Å²) in [5, 5.41) is 16.6. The number of nitrogens with zero attached hydrogens (tertiary/aromatic N) is 5. The number of anilines is 2. The van der Waals surface area contributed by atoms with Crippen molar-refractivity contribution < 1.29 is 47.7 Å². The van der Waals surface area contributed by atoms with Gasteiger partial charge in [-0.1, -0.05) is 29.3 Å². The number of nitrogens with one attached hydrogen (secondary N) is 2. The molecule has 4 aromatic rings. The minimum atomic E-state index is -1.07. The van der Waals surface area contributed by atoms with Crippen molar-refractivity contribution in [1.82, 2.24) is 25.0 Å². The molecule has 19 heteroatoms. The number of carbonyl (C=O) groups excluding carboxylic acids is 5. The molecule has 2 N–H and O–H groups in total. The maximum absolute atomic E-state index is 13.3. The molecule has 1 aromatic heterocycles. The van der Waals surface area contributed by atoms with Crippen LogP contribution in [0.1, 0.15) is 52.0 Å². The first-order valence-electron chi connectivity index (χ1n) is 19.9. The highest BCUT2D eigenvalue weighted by Gasteiger charge is 2.46. The van der Waals surface area contributed by atoms with E-state index in [1.807, 2.05) is 4.90 Å². The number of benzene rings is 3. The van der Waals surface area contributed by atoms with Crippen molar-refractivity contribution in [1.29, 1.82) is 5.26 Å². The molecule has 0 saturated carbocycles. The van der Waals surface area contributed by atoms with Crippen molar-refractivity contribution in [3.8, 4) is 29.1 Å². The predicted molar refractivity (Wildman–Crippen MR) is 226 cm³/mol. The van der Waals surface area contributed by atoms with Gasteiger partial charge in [0, 0.05) is 62.9 Å².